The molecule has 0 saturated heterocycles. The Labute approximate surface area is 98.4 Å². The highest BCUT2D eigenvalue weighted by Crippen LogP contribution is 2.08. The van der Waals surface area contributed by atoms with Crippen molar-refractivity contribution in [3.8, 4) is 0 Å². The summed E-state index contributed by atoms with van der Waals surface area (Å²) >= 11 is 0. The van der Waals surface area contributed by atoms with E-state index in [1.165, 1.54) is 17.8 Å². The zero-order valence-electron chi connectivity index (χ0n) is 10.7. The first-order valence-corrected chi connectivity index (χ1v) is 5.95. The summed E-state index contributed by atoms with van der Waals surface area (Å²) in [5.41, 5.74) is 2.69. The molecule has 0 aliphatic heterocycles. The van der Waals surface area contributed by atoms with Crippen LogP contribution in [-0.4, -0.2) is 31.5 Å². The Kier molecular flexibility index (Phi) is 6.19. The molecular formula is C13H23NO2. The molecule has 0 N–H and O–H groups in total. The number of aromatic nitrogens is 1. The minimum Gasteiger partial charge on any atom is -0.382 e. The van der Waals surface area contributed by atoms with Gasteiger partial charge >= 0.3 is 0 Å². The predicted octanol–water partition coefficient (Wildman–Crippen LogP) is 2.55. The van der Waals surface area contributed by atoms with E-state index >= 15 is 0 Å². The Morgan fingerprint density at radius 1 is 1.00 bits per heavy atom. The second-order valence-electron chi connectivity index (χ2n) is 4.08. The molecule has 0 aliphatic rings. The van der Waals surface area contributed by atoms with Crippen LogP contribution in [0.4, 0.5) is 0 Å². The first kappa shape index (κ1) is 13.3. The highest BCUT2D eigenvalue weighted by atomic mass is 16.5. The van der Waals surface area contributed by atoms with Gasteiger partial charge in [-0.2, -0.15) is 0 Å². The number of unbranched alkanes of at least 4 members (excludes halogenated alkanes) is 1. The maximum atomic E-state index is 5.42. The average Bonchev–Trinajstić information content (AvgIpc) is 2.59. The van der Waals surface area contributed by atoms with E-state index in [9.17, 15) is 0 Å². The highest BCUT2D eigenvalue weighted by molar-refractivity contribution is 5.13. The van der Waals surface area contributed by atoms with Crippen LogP contribution in [0.1, 0.15) is 24.2 Å². The van der Waals surface area contributed by atoms with Gasteiger partial charge in [-0.3, -0.25) is 0 Å². The molecule has 0 saturated carbocycles. The summed E-state index contributed by atoms with van der Waals surface area (Å²) in [4.78, 5) is 0. The van der Waals surface area contributed by atoms with Crippen molar-refractivity contribution in [2.75, 3.05) is 26.9 Å². The lowest BCUT2D eigenvalue weighted by Crippen LogP contribution is -2.06. The Morgan fingerprint density at radius 3 is 2.31 bits per heavy atom. The van der Waals surface area contributed by atoms with Gasteiger partial charge in [0, 0.05) is 31.6 Å². The summed E-state index contributed by atoms with van der Waals surface area (Å²) in [6.45, 7) is 7.64. The van der Waals surface area contributed by atoms with Gasteiger partial charge in [0.2, 0.25) is 0 Å². The maximum Gasteiger partial charge on any atom is 0.0700 e. The van der Waals surface area contributed by atoms with E-state index in [0.29, 0.717) is 13.2 Å². The Bertz CT molecular complexity index is 275. The summed E-state index contributed by atoms with van der Waals surface area (Å²) in [7, 11) is 1.70. The largest absolute Gasteiger partial charge is 0.382 e. The number of nitrogens with zero attached hydrogens (tertiary/aromatic N) is 1. The van der Waals surface area contributed by atoms with Crippen molar-refractivity contribution in [3.05, 3.63) is 23.5 Å². The molecule has 1 aromatic rings. The molecule has 1 rings (SSSR count). The molecule has 3 heteroatoms. The normalized spacial score (nSPS) is 10.9. The quantitative estimate of drug-likeness (QED) is 0.635. The van der Waals surface area contributed by atoms with Crippen molar-refractivity contribution in [1.82, 2.24) is 4.57 Å². The van der Waals surface area contributed by atoms with E-state index in [1.54, 1.807) is 7.11 Å². The van der Waals surface area contributed by atoms with Crippen molar-refractivity contribution in [3.63, 3.8) is 0 Å². The molecule has 1 heterocycles. The summed E-state index contributed by atoms with van der Waals surface area (Å²) in [6.07, 6.45) is 2.28. The molecule has 3 nitrogen and oxygen atoms in total. The maximum absolute atomic E-state index is 5.42. The number of hydrogen-bond acceptors (Lipinski definition) is 2. The molecule has 0 atom stereocenters. The van der Waals surface area contributed by atoms with Crippen LogP contribution in [-0.2, 0) is 16.0 Å². The van der Waals surface area contributed by atoms with Crippen LogP contribution < -0.4 is 0 Å². The molecule has 0 bridgehead atoms. The van der Waals surface area contributed by atoms with Crippen LogP contribution in [0.3, 0.4) is 0 Å². The van der Waals surface area contributed by atoms with E-state index < -0.39 is 0 Å². The van der Waals surface area contributed by atoms with E-state index in [0.717, 1.165) is 19.6 Å². The van der Waals surface area contributed by atoms with E-state index in [1.807, 2.05) is 0 Å². The van der Waals surface area contributed by atoms with Gasteiger partial charge in [0.25, 0.3) is 0 Å². The van der Waals surface area contributed by atoms with Crippen molar-refractivity contribution in [1.29, 1.82) is 0 Å². The summed E-state index contributed by atoms with van der Waals surface area (Å²) in [5.74, 6) is 0. The van der Waals surface area contributed by atoms with Crippen LogP contribution in [0.5, 0.6) is 0 Å². The van der Waals surface area contributed by atoms with E-state index in [2.05, 4.69) is 30.5 Å². The van der Waals surface area contributed by atoms with Crippen LogP contribution in [0, 0.1) is 13.8 Å². The number of hydrogen-bond donors (Lipinski definition) is 0. The van der Waals surface area contributed by atoms with E-state index in [4.69, 9.17) is 9.47 Å². The second-order valence-corrected chi connectivity index (χ2v) is 4.08. The highest BCUT2D eigenvalue weighted by Gasteiger charge is 1.99. The molecular weight excluding hydrogens is 202 g/mol. The summed E-state index contributed by atoms with van der Waals surface area (Å²) < 4.78 is 12.7. The lowest BCUT2D eigenvalue weighted by molar-refractivity contribution is 0.0684. The third kappa shape index (κ3) is 4.37. The van der Waals surface area contributed by atoms with Crippen molar-refractivity contribution in [2.24, 2.45) is 0 Å². The lowest BCUT2D eigenvalue weighted by Gasteiger charge is -2.09. The van der Waals surface area contributed by atoms with Crippen LogP contribution >= 0.6 is 0 Å². The van der Waals surface area contributed by atoms with Gasteiger partial charge in [-0.1, -0.05) is 0 Å². The van der Waals surface area contributed by atoms with E-state index in [-0.39, 0.29) is 0 Å². The topological polar surface area (TPSA) is 23.4 Å². The molecule has 0 unspecified atom stereocenters. The minimum atomic E-state index is 0.690. The Morgan fingerprint density at radius 2 is 1.69 bits per heavy atom. The fraction of sp³-hybridized carbons (Fsp3) is 0.692. The minimum absolute atomic E-state index is 0.690. The van der Waals surface area contributed by atoms with Gasteiger partial charge in [-0.15, -0.1) is 0 Å². The van der Waals surface area contributed by atoms with Crippen molar-refractivity contribution in [2.45, 2.75) is 33.2 Å². The van der Waals surface area contributed by atoms with Gasteiger partial charge in [0.15, 0.2) is 0 Å². The number of ether oxygens (including phenoxy) is 2. The third-order valence-corrected chi connectivity index (χ3v) is 2.77. The fourth-order valence-electron chi connectivity index (χ4n) is 1.77. The summed E-state index contributed by atoms with van der Waals surface area (Å²) in [5, 5.41) is 0. The van der Waals surface area contributed by atoms with Crippen LogP contribution in [0.25, 0.3) is 0 Å². The first-order chi connectivity index (χ1) is 7.75. The molecule has 0 aliphatic carbocycles. The van der Waals surface area contributed by atoms with Crippen molar-refractivity contribution < 1.29 is 9.47 Å². The standard InChI is InChI=1S/C13H23NO2/c1-12-6-7-13(2)14(12)8-4-5-9-16-11-10-15-3/h6-7H,4-5,8-11H2,1-3H3. The molecule has 0 aromatic carbocycles. The second kappa shape index (κ2) is 7.47. The number of rotatable bonds is 8. The zero-order valence-corrected chi connectivity index (χ0v) is 10.7. The Hall–Kier alpha value is -0.800. The monoisotopic (exact) mass is 225 g/mol. The van der Waals surface area contributed by atoms with Crippen molar-refractivity contribution >= 4 is 0 Å². The first-order valence-electron chi connectivity index (χ1n) is 5.95. The molecule has 0 amide bonds. The van der Waals surface area contributed by atoms with Crippen LogP contribution in [0.15, 0.2) is 12.1 Å². The molecule has 0 fully saturated rings. The van der Waals surface area contributed by atoms with Gasteiger partial charge in [-0.05, 0) is 38.8 Å². The lowest BCUT2D eigenvalue weighted by atomic mass is 10.3. The summed E-state index contributed by atoms with van der Waals surface area (Å²) in [6, 6.07) is 4.34. The molecule has 1 aromatic heterocycles. The third-order valence-electron chi connectivity index (χ3n) is 2.77. The van der Waals surface area contributed by atoms with Crippen LogP contribution in [0.2, 0.25) is 0 Å². The molecule has 0 radical (unpaired) electrons. The van der Waals surface area contributed by atoms with Gasteiger partial charge in [0.05, 0.1) is 13.2 Å². The predicted molar refractivity (Wildman–Crippen MR) is 65.8 cm³/mol. The van der Waals surface area contributed by atoms with Gasteiger partial charge < -0.3 is 14.0 Å². The fourth-order valence-corrected chi connectivity index (χ4v) is 1.77. The van der Waals surface area contributed by atoms with Gasteiger partial charge in [0.1, 0.15) is 0 Å². The molecule has 92 valence electrons. The SMILES string of the molecule is COCCOCCCCn1c(C)ccc1C. The molecule has 0 spiro atoms. The Balaban J connectivity index is 2.07. The van der Waals surface area contributed by atoms with Gasteiger partial charge in [-0.25, -0.2) is 0 Å². The number of methoxy groups -OCH3 is 1. The molecule has 16 heavy (non-hydrogen) atoms. The number of aryl methyl sites for hydroxylation is 2. The zero-order chi connectivity index (χ0) is 11.8. The smallest absolute Gasteiger partial charge is 0.0700 e. The average molecular weight is 225 g/mol.